The van der Waals surface area contributed by atoms with Gasteiger partial charge in [0.1, 0.15) is 5.75 Å². The molecule has 1 aromatic rings. The standard InChI is InChI=1S/C18H29NO5.ClH/c1-22-6-7-24-13-18(9-16(20)17(21)10-18)12-19-11-14-4-3-5-15(8-14)23-2;/h3-5,8,16-17,19-21H,6-7,9-13H2,1-2H3;1H/t16-,17+,18?;. The molecule has 0 amide bonds. The van der Waals surface area contributed by atoms with Crippen LogP contribution in [0, 0.1) is 5.41 Å². The summed E-state index contributed by atoms with van der Waals surface area (Å²) in [4.78, 5) is 0. The van der Waals surface area contributed by atoms with Gasteiger partial charge in [-0.15, -0.1) is 12.4 Å². The summed E-state index contributed by atoms with van der Waals surface area (Å²) < 4.78 is 15.9. The largest absolute Gasteiger partial charge is 0.497 e. The normalized spacial score (nSPS) is 25.6. The summed E-state index contributed by atoms with van der Waals surface area (Å²) in [6, 6.07) is 7.91. The first kappa shape index (κ1) is 22.2. The molecule has 0 spiro atoms. The number of hydrogen-bond acceptors (Lipinski definition) is 6. The van der Waals surface area contributed by atoms with Crippen molar-refractivity contribution in [3.05, 3.63) is 29.8 Å². The van der Waals surface area contributed by atoms with Gasteiger partial charge in [0.2, 0.25) is 0 Å². The Labute approximate surface area is 155 Å². The molecule has 25 heavy (non-hydrogen) atoms. The van der Waals surface area contributed by atoms with Crippen LogP contribution >= 0.6 is 12.4 Å². The molecule has 1 unspecified atom stereocenters. The second-order valence-electron chi connectivity index (χ2n) is 6.54. The third-order valence-electron chi connectivity index (χ3n) is 4.53. The van der Waals surface area contributed by atoms with Crippen molar-refractivity contribution in [2.75, 3.05) is 40.6 Å². The lowest BCUT2D eigenvalue weighted by Crippen LogP contribution is -2.37. The van der Waals surface area contributed by atoms with Crippen molar-refractivity contribution in [2.24, 2.45) is 5.41 Å². The van der Waals surface area contributed by atoms with Gasteiger partial charge in [-0.1, -0.05) is 12.1 Å². The number of nitrogens with one attached hydrogen (secondary N) is 1. The summed E-state index contributed by atoms with van der Waals surface area (Å²) in [5.74, 6) is 0.832. The van der Waals surface area contributed by atoms with Gasteiger partial charge in [-0.05, 0) is 30.5 Å². The van der Waals surface area contributed by atoms with E-state index >= 15 is 0 Å². The molecule has 0 heterocycles. The molecule has 0 saturated heterocycles. The minimum absolute atomic E-state index is 0. The Kier molecular flexibility index (Phi) is 9.71. The lowest BCUT2D eigenvalue weighted by molar-refractivity contribution is 0.0111. The summed E-state index contributed by atoms with van der Waals surface area (Å²) in [6.07, 6.45) is -0.303. The highest BCUT2D eigenvalue weighted by atomic mass is 35.5. The van der Waals surface area contributed by atoms with Crippen molar-refractivity contribution in [1.82, 2.24) is 5.32 Å². The van der Waals surface area contributed by atoms with E-state index in [0.717, 1.165) is 11.3 Å². The highest BCUT2D eigenvalue weighted by Gasteiger charge is 2.44. The van der Waals surface area contributed by atoms with Gasteiger partial charge in [0.05, 0.1) is 39.1 Å². The molecule has 1 fully saturated rings. The molecule has 3 atom stereocenters. The van der Waals surface area contributed by atoms with Crippen LogP contribution in [0.1, 0.15) is 18.4 Å². The quantitative estimate of drug-likeness (QED) is 0.536. The zero-order valence-electron chi connectivity index (χ0n) is 14.9. The topological polar surface area (TPSA) is 80.2 Å². The van der Waals surface area contributed by atoms with Crippen molar-refractivity contribution in [3.8, 4) is 5.75 Å². The Balaban J connectivity index is 0.00000312. The summed E-state index contributed by atoms with van der Waals surface area (Å²) in [5.41, 5.74) is 0.870. The maximum Gasteiger partial charge on any atom is 0.119 e. The van der Waals surface area contributed by atoms with E-state index in [9.17, 15) is 10.2 Å². The minimum atomic E-state index is -0.686. The average Bonchev–Trinajstić information content (AvgIpc) is 2.86. The average molecular weight is 376 g/mol. The van der Waals surface area contributed by atoms with E-state index in [2.05, 4.69) is 5.32 Å². The number of benzene rings is 1. The fourth-order valence-corrected chi connectivity index (χ4v) is 3.24. The highest BCUT2D eigenvalue weighted by molar-refractivity contribution is 5.85. The van der Waals surface area contributed by atoms with E-state index in [1.54, 1.807) is 14.2 Å². The third kappa shape index (κ3) is 6.73. The Morgan fingerprint density at radius 1 is 1.16 bits per heavy atom. The first-order valence-electron chi connectivity index (χ1n) is 8.35. The zero-order chi connectivity index (χ0) is 17.4. The lowest BCUT2D eigenvalue weighted by atomic mass is 9.86. The van der Waals surface area contributed by atoms with E-state index < -0.39 is 12.2 Å². The van der Waals surface area contributed by atoms with Crippen molar-refractivity contribution in [3.63, 3.8) is 0 Å². The van der Waals surface area contributed by atoms with Gasteiger partial charge >= 0.3 is 0 Å². The van der Waals surface area contributed by atoms with Crippen LogP contribution in [0.25, 0.3) is 0 Å². The van der Waals surface area contributed by atoms with E-state index in [-0.39, 0.29) is 17.8 Å². The Hall–Kier alpha value is -0.890. The summed E-state index contributed by atoms with van der Waals surface area (Å²) in [7, 11) is 3.29. The van der Waals surface area contributed by atoms with Crippen LogP contribution in [0.3, 0.4) is 0 Å². The van der Waals surface area contributed by atoms with Gasteiger partial charge in [0.15, 0.2) is 0 Å². The Bertz CT molecular complexity index is 492. The fraction of sp³-hybridized carbons (Fsp3) is 0.667. The second-order valence-corrected chi connectivity index (χ2v) is 6.54. The smallest absolute Gasteiger partial charge is 0.119 e. The van der Waals surface area contributed by atoms with Crippen LogP contribution in [0.15, 0.2) is 24.3 Å². The number of ether oxygens (including phenoxy) is 3. The first-order chi connectivity index (χ1) is 11.6. The summed E-state index contributed by atoms with van der Waals surface area (Å²) in [5, 5.41) is 23.3. The molecule has 1 aromatic carbocycles. The Morgan fingerprint density at radius 3 is 2.52 bits per heavy atom. The molecule has 1 aliphatic rings. The number of hydrogen-bond donors (Lipinski definition) is 3. The molecule has 1 saturated carbocycles. The van der Waals surface area contributed by atoms with Crippen LogP contribution < -0.4 is 10.1 Å². The maximum absolute atomic E-state index is 9.95. The molecular weight excluding hydrogens is 346 g/mol. The molecule has 144 valence electrons. The van der Waals surface area contributed by atoms with Crippen molar-refractivity contribution in [2.45, 2.75) is 31.6 Å². The lowest BCUT2D eigenvalue weighted by Gasteiger charge is -2.29. The molecule has 7 heteroatoms. The summed E-state index contributed by atoms with van der Waals surface area (Å²) in [6.45, 7) is 2.92. The third-order valence-corrected chi connectivity index (χ3v) is 4.53. The predicted octanol–water partition coefficient (Wildman–Crippen LogP) is 1.37. The van der Waals surface area contributed by atoms with Gasteiger partial charge in [-0.25, -0.2) is 0 Å². The van der Waals surface area contributed by atoms with E-state index in [1.807, 2.05) is 24.3 Å². The molecule has 0 radical (unpaired) electrons. The minimum Gasteiger partial charge on any atom is -0.497 e. The molecule has 0 bridgehead atoms. The number of methoxy groups -OCH3 is 2. The number of rotatable bonds is 10. The SMILES string of the molecule is COCCOCC1(CNCc2cccc(OC)c2)C[C@@H](O)[C@@H](O)C1.Cl. The van der Waals surface area contributed by atoms with E-state index in [1.165, 1.54) is 0 Å². The van der Waals surface area contributed by atoms with Crippen LogP contribution in [-0.4, -0.2) is 63.0 Å². The zero-order valence-corrected chi connectivity index (χ0v) is 15.8. The van der Waals surface area contributed by atoms with Crippen LogP contribution in [-0.2, 0) is 16.0 Å². The highest BCUT2D eigenvalue weighted by Crippen LogP contribution is 2.38. The van der Waals surface area contributed by atoms with Crippen LogP contribution in [0.5, 0.6) is 5.75 Å². The number of aliphatic hydroxyl groups is 2. The van der Waals surface area contributed by atoms with Crippen molar-refractivity contribution < 1.29 is 24.4 Å². The van der Waals surface area contributed by atoms with Gasteiger partial charge < -0.3 is 29.7 Å². The molecule has 0 aliphatic heterocycles. The van der Waals surface area contributed by atoms with Crippen molar-refractivity contribution >= 4 is 12.4 Å². The number of aliphatic hydroxyl groups excluding tert-OH is 2. The predicted molar refractivity (Wildman–Crippen MR) is 98.3 cm³/mol. The van der Waals surface area contributed by atoms with Gasteiger partial charge in [0, 0.05) is 25.6 Å². The van der Waals surface area contributed by atoms with Gasteiger partial charge in [-0.2, -0.15) is 0 Å². The van der Waals surface area contributed by atoms with Gasteiger partial charge in [0.25, 0.3) is 0 Å². The van der Waals surface area contributed by atoms with Crippen LogP contribution in [0.4, 0.5) is 0 Å². The number of halogens is 1. The molecule has 3 N–H and O–H groups in total. The Morgan fingerprint density at radius 2 is 1.88 bits per heavy atom. The molecule has 2 rings (SSSR count). The molecule has 6 nitrogen and oxygen atoms in total. The molecular formula is C18H30ClNO5. The fourth-order valence-electron chi connectivity index (χ4n) is 3.24. The second kappa shape index (κ2) is 11.0. The van der Waals surface area contributed by atoms with E-state index in [4.69, 9.17) is 14.2 Å². The van der Waals surface area contributed by atoms with Gasteiger partial charge in [-0.3, -0.25) is 0 Å². The van der Waals surface area contributed by atoms with E-state index in [0.29, 0.717) is 45.8 Å². The molecule has 0 aromatic heterocycles. The summed E-state index contributed by atoms with van der Waals surface area (Å²) >= 11 is 0. The first-order valence-corrected chi connectivity index (χ1v) is 8.35. The maximum atomic E-state index is 9.95. The van der Waals surface area contributed by atoms with Crippen molar-refractivity contribution in [1.29, 1.82) is 0 Å². The molecule has 1 aliphatic carbocycles. The monoisotopic (exact) mass is 375 g/mol. The van der Waals surface area contributed by atoms with Crippen LogP contribution in [0.2, 0.25) is 0 Å².